The maximum Gasteiger partial charge on any atom is 0.349 e. The van der Waals surface area contributed by atoms with Crippen LogP contribution in [0, 0.1) is 0 Å². The number of hydrogen-bond acceptors (Lipinski definition) is 7. The Bertz CT molecular complexity index is 1230. The molecule has 1 aromatic heterocycles. The van der Waals surface area contributed by atoms with Gasteiger partial charge in [-0.15, -0.1) is 4.68 Å². The second-order valence-electron chi connectivity index (χ2n) is 5.97. The Labute approximate surface area is 175 Å². The van der Waals surface area contributed by atoms with Crippen LogP contribution >= 0.6 is 11.6 Å². The highest BCUT2D eigenvalue weighted by Gasteiger charge is 2.14. The Hall–Kier alpha value is -3.59. The average molecular weight is 432 g/mol. The number of carbonyl (C=O) groups is 1. The van der Waals surface area contributed by atoms with Crippen molar-refractivity contribution in [2.45, 2.75) is 6.92 Å². The van der Waals surface area contributed by atoms with Crippen LogP contribution < -0.4 is 20.7 Å². The minimum absolute atomic E-state index is 0.153. The number of fused-ring (bicyclic) bond motifs is 1. The van der Waals surface area contributed by atoms with Gasteiger partial charge < -0.3 is 19.2 Å². The molecule has 0 saturated heterocycles. The lowest BCUT2D eigenvalue weighted by atomic mass is 10.2. The van der Waals surface area contributed by atoms with Crippen molar-refractivity contribution in [3.05, 3.63) is 67.8 Å². The number of nitrogens with zero attached hydrogens (tertiary/aromatic N) is 2. The summed E-state index contributed by atoms with van der Waals surface area (Å²) < 4.78 is 16.2. The van der Waals surface area contributed by atoms with Crippen molar-refractivity contribution in [1.29, 1.82) is 0 Å². The highest BCUT2D eigenvalue weighted by Crippen LogP contribution is 2.36. The number of methoxy groups -OCH3 is 1. The summed E-state index contributed by atoms with van der Waals surface area (Å²) in [4.78, 5) is 38.8. The van der Waals surface area contributed by atoms with Crippen molar-refractivity contribution in [2.24, 2.45) is 5.10 Å². The summed E-state index contributed by atoms with van der Waals surface area (Å²) in [6, 6.07) is 9.66. The van der Waals surface area contributed by atoms with Gasteiger partial charge in [0.1, 0.15) is 0 Å². The van der Waals surface area contributed by atoms with Gasteiger partial charge >= 0.3 is 11.7 Å². The number of nitrogens with one attached hydrogen (secondary N) is 1. The monoisotopic (exact) mass is 431 g/mol. The van der Waals surface area contributed by atoms with E-state index in [1.165, 1.54) is 25.5 Å². The number of aromatic amines is 1. The number of aromatic nitrogens is 2. The molecule has 30 heavy (non-hydrogen) atoms. The number of para-hydroxylation sites is 1. The fourth-order valence-electron chi connectivity index (χ4n) is 2.67. The Morgan fingerprint density at radius 3 is 2.77 bits per heavy atom. The molecule has 10 heteroatoms. The Kier molecular flexibility index (Phi) is 6.53. The van der Waals surface area contributed by atoms with Gasteiger partial charge in [0, 0.05) is 0 Å². The van der Waals surface area contributed by atoms with Gasteiger partial charge in [-0.25, -0.2) is 9.59 Å². The van der Waals surface area contributed by atoms with E-state index < -0.39 is 17.2 Å². The number of benzene rings is 2. The standard InChI is InChI=1S/C20H18ClN3O6/c1-3-29-17(25)11-30-18-14(21)8-12(9-16(18)28-2)10-22-24-19(26)13-6-4-5-7-15(13)23-20(24)27/h4-10H,3,11H2,1-2H3,(H,23,27). The molecule has 0 unspecified atom stereocenters. The van der Waals surface area contributed by atoms with Gasteiger partial charge in [-0.05, 0) is 36.8 Å². The van der Waals surface area contributed by atoms with Crippen molar-refractivity contribution >= 4 is 34.7 Å². The van der Waals surface area contributed by atoms with E-state index >= 15 is 0 Å². The SMILES string of the molecule is CCOC(=O)COc1c(Cl)cc(C=Nn2c(=O)[nH]c3ccccc3c2=O)cc1OC. The molecule has 2 aromatic carbocycles. The van der Waals surface area contributed by atoms with Crippen LogP contribution in [0.15, 0.2) is 51.1 Å². The molecule has 1 N–H and O–H groups in total. The first-order valence-corrected chi connectivity index (χ1v) is 9.26. The molecular formula is C20H18ClN3O6. The van der Waals surface area contributed by atoms with Gasteiger partial charge in [-0.1, -0.05) is 23.7 Å². The van der Waals surface area contributed by atoms with Crippen LogP contribution in [-0.4, -0.2) is 42.2 Å². The Morgan fingerprint density at radius 2 is 2.03 bits per heavy atom. The normalized spacial score (nSPS) is 11.0. The molecule has 0 amide bonds. The number of ether oxygens (including phenoxy) is 3. The molecule has 1 heterocycles. The Morgan fingerprint density at radius 1 is 1.27 bits per heavy atom. The third-order valence-corrected chi connectivity index (χ3v) is 4.28. The van der Waals surface area contributed by atoms with Crippen molar-refractivity contribution in [3.63, 3.8) is 0 Å². The van der Waals surface area contributed by atoms with Gasteiger partial charge in [0.2, 0.25) is 0 Å². The second kappa shape index (κ2) is 9.27. The lowest BCUT2D eigenvalue weighted by molar-refractivity contribution is -0.145. The predicted octanol–water partition coefficient (Wildman–Crippen LogP) is 2.18. The minimum Gasteiger partial charge on any atom is -0.493 e. The van der Waals surface area contributed by atoms with Crippen LogP contribution in [0.25, 0.3) is 10.9 Å². The first-order valence-electron chi connectivity index (χ1n) is 8.89. The van der Waals surface area contributed by atoms with Crippen LogP contribution in [0.5, 0.6) is 11.5 Å². The van der Waals surface area contributed by atoms with E-state index in [1.807, 2.05) is 0 Å². The molecule has 0 saturated carbocycles. The van der Waals surface area contributed by atoms with Crippen LogP contribution in [0.4, 0.5) is 0 Å². The van der Waals surface area contributed by atoms with E-state index in [2.05, 4.69) is 10.1 Å². The van der Waals surface area contributed by atoms with Crippen LogP contribution in [0.1, 0.15) is 12.5 Å². The van der Waals surface area contributed by atoms with Gasteiger partial charge in [0.05, 0.1) is 35.9 Å². The van der Waals surface area contributed by atoms with Crippen LogP contribution in [0.3, 0.4) is 0 Å². The summed E-state index contributed by atoms with van der Waals surface area (Å²) in [7, 11) is 1.41. The number of esters is 1. The first kappa shape index (κ1) is 21.1. The third-order valence-electron chi connectivity index (χ3n) is 4.00. The van der Waals surface area contributed by atoms with Crippen LogP contribution in [0.2, 0.25) is 5.02 Å². The summed E-state index contributed by atoms with van der Waals surface area (Å²) >= 11 is 6.24. The molecule has 0 aliphatic carbocycles. The minimum atomic E-state index is -0.678. The van der Waals surface area contributed by atoms with Gasteiger partial charge in [-0.2, -0.15) is 5.10 Å². The lowest BCUT2D eigenvalue weighted by Gasteiger charge is -2.12. The summed E-state index contributed by atoms with van der Waals surface area (Å²) in [6.07, 6.45) is 1.29. The molecule has 0 aliphatic rings. The third kappa shape index (κ3) is 4.52. The molecular weight excluding hydrogens is 414 g/mol. The molecule has 0 bridgehead atoms. The summed E-state index contributed by atoms with van der Waals surface area (Å²) in [5.41, 5.74) is -0.369. The second-order valence-corrected chi connectivity index (χ2v) is 6.37. The molecule has 0 atom stereocenters. The summed E-state index contributed by atoms with van der Waals surface area (Å²) in [6.45, 7) is 1.58. The lowest BCUT2D eigenvalue weighted by Crippen LogP contribution is -2.32. The topological polar surface area (TPSA) is 112 Å². The van der Waals surface area contributed by atoms with Crippen molar-refractivity contribution in [3.8, 4) is 11.5 Å². The molecule has 3 rings (SSSR count). The van der Waals surface area contributed by atoms with Gasteiger partial charge in [-0.3, -0.25) is 4.79 Å². The maximum absolute atomic E-state index is 12.5. The van der Waals surface area contributed by atoms with Gasteiger partial charge in [0.25, 0.3) is 5.56 Å². The number of H-pyrrole nitrogens is 1. The fourth-order valence-corrected chi connectivity index (χ4v) is 2.94. The molecule has 3 aromatic rings. The van der Waals surface area contributed by atoms with E-state index in [0.717, 1.165) is 0 Å². The number of carbonyl (C=O) groups excluding carboxylic acids is 1. The average Bonchev–Trinajstić information content (AvgIpc) is 2.72. The van der Waals surface area contributed by atoms with E-state index in [1.54, 1.807) is 31.2 Å². The van der Waals surface area contributed by atoms with Crippen molar-refractivity contribution in [1.82, 2.24) is 9.66 Å². The summed E-state index contributed by atoms with van der Waals surface area (Å²) in [5, 5.41) is 4.46. The van der Waals surface area contributed by atoms with Crippen LogP contribution in [-0.2, 0) is 9.53 Å². The highest BCUT2D eigenvalue weighted by molar-refractivity contribution is 6.32. The molecule has 9 nitrogen and oxygen atoms in total. The van der Waals surface area contributed by atoms with E-state index in [0.29, 0.717) is 21.1 Å². The highest BCUT2D eigenvalue weighted by atomic mass is 35.5. The maximum atomic E-state index is 12.5. The largest absolute Gasteiger partial charge is 0.493 e. The zero-order valence-electron chi connectivity index (χ0n) is 16.2. The van der Waals surface area contributed by atoms with Gasteiger partial charge in [0.15, 0.2) is 18.1 Å². The first-order chi connectivity index (χ1) is 14.4. The number of hydrogen-bond donors (Lipinski definition) is 1. The zero-order chi connectivity index (χ0) is 21.7. The fraction of sp³-hybridized carbons (Fsp3) is 0.200. The quantitative estimate of drug-likeness (QED) is 0.453. The van der Waals surface area contributed by atoms with Crippen molar-refractivity contribution in [2.75, 3.05) is 20.3 Å². The van der Waals surface area contributed by atoms with Crippen molar-refractivity contribution < 1.29 is 19.0 Å². The molecule has 0 aliphatic heterocycles. The Balaban J connectivity index is 1.92. The molecule has 156 valence electrons. The summed E-state index contributed by atoms with van der Waals surface area (Å²) in [5.74, 6) is -0.144. The van der Waals surface area contributed by atoms with E-state index in [4.69, 9.17) is 25.8 Å². The number of rotatable bonds is 7. The smallest absolute Gasteiger partial charge is 0.349 e. The predicted molar refractivity (Wildman–Crippen MR) is 112 cm³/mol. The van der Waals surface area contributed by atoms with E-state index in [9.17, 15) is 14.4 Å². The molecule has 0 radical (unpaired) electrons. The number of halogens is 1. The molecule has 0 spiro atoms. The molecule has 0 fully saturated rings. The zero-order valence-corrected chi connectivity index (χ0v) is 16.9. The van der Waals surface area contributed by atoms with E-state index in [-0.39, 0.29) is 29.7 Å².